The standard InChI is InChI=1S/C17H12N4O2S3/c22-14(20-16-18-5-6-25-16)9-21-15(23)13(26-17(21)24)7-10-8-19-12-4-2-1-3-11(10)12/h1-8,23H,9H2,(H,18,20,22)/b10-7+. The van der Waals surface area contributed by atoms with Crippen molar-refractivity contribution in [3.05, 3.63) is 50.2 Å². The Balaban J connectivity index is 1.60. The Morgan fingerprint density at radius 1 is 1.38 bits per heavy atom. The van der Waals surface area contributed by atoms with Crippen molar-refractivity contribution >= 4 is 69.5 Å². The summed E-state index contributed by atoms with van der Waals surface area (Å²) >= 11 is 7.89. The molecule has 3 heterocycles. The molecule has 9 heteroatoms. The van der Waals surface area contributed by atoms with E-state index >= 15 is 0 Å². The summed E-state index contributed by atoms with van der Waals surface area (Å²) in [4.78, 5) is 21.1. The molecule has 1 aliphatic rings. The molecule has 130 valence electrons. The van der Waals surface area contributed by atoms with Crippen LogP contribution >= 0.6 is 34.9 Å². The first-order valence-corrected chi connectivity index (χ1v) is 9.69. The van der Waals surface area contributed by atoms with Gasteiger partial charge in [0.25, 0.3) is 0 Å². The number of hydrogen-bond donors (Lipinski definition) is 2. The second kappa shape index (κ2) is 6.94. The predicted octanol–water partition coefficient (Wildman–Crippen LogP) is 4.34. The molecule has 0 fully saturated rings. The molecule has 0 radical (unpaired) electrons. The summed E-state index contributed by atoms with van der Waals surface area (Å²) in [5.41, 5.74) is 2.79. The third-order valence-electron chi connectivity index (χ3n) is 3.72. The van der Waals surface area contributed by atoms with Crippen molar-refractivity contribution in [3.8, 4) is 5.88 Å². The van der Waals surface area contributed by atoms with Crippen molar-refractivity contribution in [1.29, 1.82) is 0 Å². The van der Waals surface area contributed by atoms with Gasteiger partial charge in [0, 0.05) is 28.9 Å². The van der Waals surface area contributed by atoms with Crippen molar-refractivity contribution in [2.75, 3.05) is 5.32 Å². The monoisotopic (exact) mass is 400 g/mol. The molecule has 6 nitrogen and oxygen atoms in total. The maximum atomic E-state index is 12.1. The lowest BCUT2D eigenvalue weighted by molar-refractivity contribution is -0.116. The molecule has 0 spiro atoms. The van der Waals surface area contributed by atoms with Crippen molar-refractivity contribution in [2.45, 2.75) is 6.54 Å². The summed E-state index contributed by atoms with van der Waals surface area (Å²) in [5, 5.41) is 15.5. The number of benzene rings is 1. The Morgan fingerprint density at radius 3 is 3.04 bits per heavy atom. The zero-order valence-corrected chi connectivity index (χ0v) is 15.7. The van der Waals surface area contributed by atoms with Gasteiger partial charge in [-0.3, -0.25) is 14.4 Å². The molecular formula is C17H12N4O2S3. The topological polar surface area (TPSA) is 79.5 Å². The maximum absolute atomic E-state index is 12.1. The van der Waals surface area contributed by atoms with Crippen LogP contribution in [0.3, 0.4) is 0 Å². The maximum Gasteiger partial charge on any atom is 0.246 e. The van der Waals surface area contributed by atoms with E-state index in [2.05, 4.69) is 15.3 Å². The molecule has 1 aliphatic heterocycles. The molecule has 3 aromatic rings. The van der Waals surface area contributed by atoms with Gasteiger partial charge in [0.2, 0.25) is 11.8 Å². The second-order valence-electron chi connectivity index (χ2n) is 5.40. The molecular weight excluding hydrogens is 388 g/mol. The predicted molar refractivity (Wildman–Crippen MR) is 108 cm³/mol. The summed E-state index contributed by atoms with van der Waals surface area (Å²) in [6.07, 6.45) is 5.20. The van der Waals surface area contributed by atoms with Gasteiger partial charge in [0.15, 0.2) is 9.09 Å². The summed E-state index contributed by atoms with van der Waals surface area (Å²) in [6.45, 7) is -0.0748. The molecule has 0 saturated carbocycles. The van der Waals surface area contributed by atoms with Crippen LogP contribution in [0.5, 0.6) is 5.88 Å². The summed E-state index contributed by atoms with van der Waals surface area (Å²) in [5.74, 6) is -0.323. The lowest BCUT2D eigenvalue weighted by Crippen LogP contribution is -2.18. The van der Waals surface area contributed by atoms with E-state index in [4.69, 9.17) is 12.2 Å². The van der Waals surface area contributed by atoms with Crippen LogP contribution in [0.4, 0.5) is 10.8 Å². The number of aromatic nitrogens is 2. The van der Waals surface area contributed by atoms with Crippen molar-refractivity contribution < 1.29 is 9.90 Å². The Labute approximate surface area is 161 Å². The smallest absolute Gasteiger partial charge is 0.246 e. The lowest BCUT2D eigenvalue weighted by atomic mass is 10.1. The van der Waals surface area contributed by atoms with Crippen LogP contribution in [0.25, 0.3) is 11.6 Å². The number of hydrogen-bond acceptors (Lipinski definition) is 7. The first-order valence-electron chi connectivity index (χ1n) is 7.59. The first-order chi connectivity index (χ1) is 12.6. The van der Waals surface area contributed by atoms with E-state index in [9.17, 15) is 9.90 Å². The van der Waals surface area contributed by atoms with Crippen molar-refractivity contribution in [1.82, 2.24) is 9.55 Å². The van der Waals surface area contributed by atoms with E-state index in [1.165, 1.54) is 27.2 Å². The molecule has 2 N–H and O–H groups in total. The number of aliphatic imine (C=N–C) groups is 1. The minimum absolute atomic E-state index is 0.0282. The van der Waals surface area contributed by atoms with E-state index in [1.807, 2.05) is 30.3 Å². The van der Waals surface area contributed by atoms with Crippen molar-refractivity contribution in [2.24, 2.45) is 4.99 Å². The van der Waals surface area contributed by atoms with Crippen LogP contribution < -0.4 is 5.32 Å². The third kappa shape index (κ3) is 3.24. The highest BCUT2D eigenvalue weighted by molar-refractivity contribution is 7.73. The molecule has 1 amide bonds. The Bertz CT molecular complexity index is 1090. The van der Waals surface area contributed by atoms with E-state index in [0.717, 1.165) is 16.8 Å². The minimum Gasteiger partial charge on any atom is -0.493 e. The number of para-hydroxylation sites is 1. The zero-order valence-electron chi connectivity index (χ0n) is 13.2. The average molecular weight is 401 g/mol. The highest BCUT2D eigenvalue weighted by Gasteiger charge is 2.17. The number of anilines is 1. The number of thiazole rings is 2. The Morgan fingerprint density at radius 2 is 2.23 bits per heavy atom. The highest BCUT2D eigenvalue weighted by Crippen LogP contribution is 2.35. The number of carbonyl (C=O) groups is 1. The van der Waals surface area contributed by atoms with Gasteiger partial charge in [-0.05, 0) is 24.4 Å². The van der Waals surface area contributed by atoms with Gasteiger partial charge >= 0.3 is 0 Å². The van der Waals surface area contributed by atoms with Crippen LogP contribution in [0.1, 0.15) is 10.4 Å². The fourth-order valence-corrected chi connectivity index (χ4v) is 4.33. The molecule has 4 rings (SSSR count). The Kier molecular flexibility index (Phi) is 4.49. The first kappa shape index (κ1) is 16.8. The fraction of sp³-hybridized carbons (Fsp3) is 0.0588. The summed E-state index contributed by atoms with van der Waals surface area (Å²) in [7, 11) is 0. The number of allylic oxidation sites excluding steroid dienone is 1. The fourth-order valence-electron chi connectivity index (χ4n) is 2.53. The quantitative estimate of drug-likeness (QED) is 0.639. The van der Waals surface area contributed by atoms with Gasteiger partial charge in [0.1, 0.15) is 6.54 Å². The number of amides is 1. The van der Waals surface area contributed by atoms with Gasteiger partial charge in [0.05, 0.1) is 10.6 Å². The van der Waals surface area contributed by atoms with E-state index in [0.29, 0.717) is 14.0 Å². The zero-order chi connectivity index (χ0) is 18.1. The number of nitrogens with one attached hydrogen (secondary N) is 1. The van der Waals surface area contributed by atoms with Crippen LogP contribution in [0, 0.1) is 3.95 Å². The molecule has 0 unspecified atom stereocenters. The van der Waals surface area contributed by atoms with Gasteiger partial charge in [-0.15, -0.1) is 22.7 Å². The normalized spacial score (nSPS) is 13.9. The largest absolute Gasteiger partial charge is 0.493 e. The summed E-state index contributed by atoms with van der Waals surface area (Å²) < 4.78 is 1.83. The number of aromatic hydroxyl groups is 1. The van der Waals surface area contributed by atoms with E-state index in [-0.39, 0.29) is 18.3 Å². The van der Waals surface area contributed by atoms with E-state index in [1.54, 1.807) is 17.8 Å². The molecule has 1 aromatic carbocycles. The molecule has 0 aliphatic carbocycles. The van der Waals surface area contributed by atoms with E-state index < -0.39 is 0 Å². The molecule has 0 atom stereocenters. The third-order valence-corrected chi connectivity index (χ3v) is 5.79. The molecule has 0 bridgehead atoms. The van der Waals surface area contributed by atoms with Gasteiger partial charge < -0.3 is 10.4 Å². The Hall–Kier alpha value is -2.62. The average Bonchev–Trinajstić information content (AvgIpc) is 3.33. The van der Waals surface area contributed by atoms with Crippen LogP contribution in [0.15, 0.2) is 40.8 Å². The summed E-state index contributed by atoms with van der Waals surface area (Å²) in [6, 6.07) is 7.78. The number of fused-ring (bicyclic) bond motifs is 1. The number of carbonyl (C=O) groups excluding carboxylic acids is 1. The molecule has 0 saturated heterocycles. The molecule has 26 heavy (non-hydrogen) atoms. The highest BCUT2D eigenvalue weighted by atomic mass is 32.1. The number of nitrogens with zero attached hydrogens (tertiary/aromatic N) is 3. The molecule has 2 aromatic heterocycles. The van der Waals surface area contributed by atoms with Gasteiger partial charge in [-0.25, -0.2) is 4.98 Å². The van der Waals surface area contributed by atoms with Crippen LogP contribution in [-0.2, 0) is 11.3 Å². The van der Waals surface area contributed by atoms with Gasteiger partial charge in [-0.1, -0.05) is 18.2 Å². The second-order valence-corrected chi connectivity index (χ2v) is 7.97. The van der Waals surface area contributed by atoms with Crippen LogP contribution in [-0.4, -0.2) is 26.8 Å². The number of rotatable bonds is 4. The SMILES string of the molecule is O=C(Cn1c(O)c(/C=C2\C=Nc3ccccc32)sc1=S)Nc1nccs1. The van der Waals surface area contributed by atoms with Gasteiger partial charge in [-0.2, -0.15) is 0 Å². The lowest BCUT2D eigenvalue weighted by Gasteiger charge is -2.04. The van der Waals surface area contributed by atoms with Crippen LogP contribution in [0.2, 0.25) is 0 Å². The minimum atomic E-state index is -0.295. The van der Waals surface area contributed by atoms with Crippen molar-refractivity contribution in [3.63, 3.8) is 0 Å².